The Bertz CT molecular complexity index is 295. The van der Waals surface area contributed by atoms with Gasteiger partial charge in [-0.25, -0.2) is 4.68 Å². The average Bonchev–Trinajstić information content (AvgIpc) is 2.72. The third-order valence-corrected chi connectivity index (χ3v) is 2.73. The summed E-state index contributed by atoms with van der Waals surface area (Å²) in [5, 5.41) is 8.69. The van der Waals surface area contributed by atoms with Crippen molar-refractivity contribution in [2.75, 3.05) is 18.7 Å². The quantitative estimate of drug-likeness (QED) is 0.558. The Morgan fingerprint density at radius 2 is 2.46 bits per heavy atom. The van der Waals surface area contributed by atoms with Gasteiger partial charge in [0.25, 0.3) is 0 Å². The van der Waals surface area contributed by atoms with Gasteiger partial charge in [0.2, 0.25) is 5.16 Å². The lowest BCUT2D eigenvalue weighted by atomic mass is 10.2. The Morgan fingerprint density at radius 1 is 1.62 bits per heavy atom. The number of nitrogens with two attached hydrogens (primary N) is 1. The second-order valence-corrected chi connectivity index (χ2v) is 3.69. The lowest BCUT2D eigenvalue weighted by Gasteiger charge is -2.07. The zero-order chi connectivity index (χ0) is 9.26. The molecular weight excluding hydrogens is 188 g/mol. The Morgan fingerprint density at radius 3 is 3.00 bits per heavy atom. The molecular formula is C7H12N4OS. The summed E-state index contributed by atoms with van der Waals surface area (Å²) in [6.07, 6.45) is 4.03. The molecule has 2 N–H and O–H groups in total. The Balaban J connectivity index is 2.24. The van der Waals surface area contributed by atoms with Crippen LogP contribution in [0, 0.1) is 0 Å². The monoisotopic (exact) mass is 200 g/mol. The van der Waals surface area contributed by atoms with E-state index in [1.54, 1.807) is 0 Å². The van der Waals surface area contributed by atoms with Crippen LogP contribution < -0.4 is 5.84 Å². The number of ether oxygens (including phenoxy) is 1. The zero-order valence-corrected chi connectivity index (χ0v) is 8.25. The molecule has 0 spiro atoms. The van der Waals surface area contributed by atoms with Crippen LogP contribution in [0.25, 0.3) is 0 Å². The van der Waals surface area contributed by atoms with Crippen molar-refractivity contribution in [3.05, 3.63) is 5.82 Å². The van der Waals surface area contributed by atoms with Crippen LogP contribution in [0.4, 0.5) is 0 Å². The molecule has 0 bridgehead atoms. The number of aromatic nitrogens is 3. The van der Waals surface area contributed by atoms with Crippen LogP contribution in [-0.4, -0.2) is 27.7 Å². The van der Waals surface area contributed by atoms with E-state index in [1.807, 2.05) is 6.26 Å². The number of hydrogen-bond donors (Lipinski definition) is 1. The lowest BCUT2D eigenvalue weighted by molar-refractivity contribution is 0.103. The van der Waals surface area contributed by atoms with Crippen LogP contribution in [0.1, 0.15) is 24.8 Å². The van der Waals surface area contributed by atoms with Crippen LogP contribution in [0.3, 0.4) is 0 Å². The highest BCUT2D eigenvalue weighted by Gasteiger charge is 2.24. The highest BCUT2D eigenvalue weighted by atomic mass is 32.2. The summed E-state index contributed by atoms with van der Waals surface area (Å²) in [5.41, 5.74) is 0. The van der Waals surface area contributed by atoms with Gasteiger partial charge in [0.15, 0.2) is 5.82 Å². The summed E-state index contributed by atoms with van der Waals surface area (Å²) in [5.74, 6) is 6.52. The molecule has 1 atom stereocenters. The van der Waals surface area contributed by atoms with Gasteiger partial charge in [-0.2, -0.15) is 0 Å². The van der Waals surface area contributed by atoms with Gasteiger partial charge in [-0.3, -0.25) is 0 Å². The molecule has 0 saturated carbocycles. The van der Waals surface area contributed by atoms with Crippen molar-refractivity contribution in [3.8, 4) is 0 Å². The second kappa shape index (κ2) is 3.55. The number of hydrogen-bond acceptors (Lipinski definition) is 5. The Hall–Kier alpha value is -0.750. The second-order valence-electron chi connectivity index (χ2n) is 2.92. The number of rotatable bonds is 2. The molecule has 0 radical (unpaired) electrons. The van der Waals surface area contributed by atoms with Gasteiger partial charge in [0.05, 0.1) is 0 Å². The molecule has 2 heterocycles. The largest absolute Gasteiger partial charge is 0.370 e. The molecule has 1 aliphatic rings. The fourth-order valence-electron chi connectivity index (χ4n) is 1.43. The van der Waals surface area contributed by atoms with Gasteiger partial charge in [-0.15, -0.1) is 10.2 Å². The maximum absolute atomic E-state index is 5.78. The topological polar surface area (TPSA) is 66.0 Å². The predicted octanol–water partition coefficient (Wildman–Crippen LogP) is 0.565. The van der Waals surface area contributed by atoms with E-state index in [0.717, 1.165) is 30.4 Å². The summed E-state index contributed by atoms with van der Waals surface area (Å²) < 4.78 is 6.98. The maximum atomic E-state index is 5.78. The third kappa shape index (κ3) is 1.51. The minimum atomic E-state index is 0.0402. The van der Waals surface area contributed by atoms with Gasteiger partial charge < -0.3 is 10.6 Å². The van der Waals surface area contributed by atoms with Crippen LogP contribution in [-0.2, 0) is 4.74 Å². The first-order valence-electron chi connectivity index (χ1n) is 4.19. The molecule has 6 heteroatoms. The van der Waals surface area contributed by atoms with Gasteiger partial charge in [-0.05, 0) is 19.1 Å². The summed E-state index contributed by atoms with van der Waals surface area (Å²) in [4.78, 5) is 0. The first-order valence-corrected chi connectivity index (χ1v) is 5.41. The zero-order valence-electron chi connectivity index (χ0n) is 7.43. The van der Waals surface area contributed by atoms with E-state index in [9.17, 15) is 0 Å². The molecule has 1 aromatic heterocycles. The maximum Gasteiger partial charge on any atom is 0.209 e. The van der Waals surface area contributed by atoms with Crippen molar-refractivity contribution in [1.82, 2.24) is 14.9 Å². The molecule has 72 valence electrons. The van der Waals surface area contributed by atoms with Crippen molar-refractivity contribution >= 4 is 11.8 Å². The van der Waals surface area contributed by atoms with E-state index < -0.39 is 0 Å². The minimum absolute atomic E-state index is 0.0402. The molecule has 1 saturated heterocycles. The van der Waals surface area contributed by atoms with Crippen molar-refractivity contribution in [2.45, 2.75) is 24.1 Å². The lowest BCUT2D eigenvalue weighted by Crippen LogP contribution is -2.16. The van der Waals surface area contributed by atoms with E-state index in [1.165, 1.54) is 16.4 Å². The summed E-state index contributed by atoms with van der Waals surface area (Å²) in [6, 6.07) is 0. The van der Waals surface area contributed by atoms with Gasteiger partial charge in [0.1, 0.15) is 6.10 Å². The van der Waals surface area contributed by atoms with Crippen molar-refractivity contribution in [3.63, 3.8) is 0 Å². The SMILES string of the molecule is CSc1nnc(C2CCCO2)n1N. The third-order valence-electron chi connectivity index (χ3n) is 2.09. The first-order chi connectivity index (χ1) is 6.33. The van der Waals surface area contributed by atoms with E-state index in [4.69, 9.17) is 10.6 Å². The first kappa shape index (κ1) is 8.83. The normalized spacial score (nSPS) is 22.4. The van der Waals surface area contributed by atoms with Gasteiger partial charge in [-0.1, -0.05) is 11.8 Å². The molecule has 0 amide bonds. The molecule has 1 fully saturated rings. The number of nitrogen functional groups attached to an aromatic ring is 1. The van der Waals surface area contributed by atoms with Crippen LogP contribution in [0.5, 0.6) is 0 Å². The summed E-state index contributed by atoms with van der Waals surface area (Å²) in [7, 11) is 0. The van der Waals surface area contributed by atoms with Crippen molar-refractivity contribution < 1.29 is 4.74 Å². The van der Waals surface area contributed by atoms with E-state index in [2.05, 4.69) is 10.2 Å². The van der Waals surface area contributed by atoms with Crippen LogP contribution >= 0.6 is 11.8 Å². The molecule has 2 rings (SSSR count). The van der Waals surface area contributed by atoms with Crippen LogP contribution in [0.2, 0.25) is 0 Å². The fourth-order valence-corrected chi connectivity index (χ4v) is 1.84. The van der Waals surface area contributed by atoms with E-state index in [0.29, 0.717) is 0 Å². The highest BCUT2D eigenvalue weighted by molar-refractivity contribution is 7.98. The van der Waals surface area contributed by atoms with Gasteiger partial charge in [0, 0.05) is 6.61 Å². The average molecular weight is 200 g/mol. The Labute approximate surface area is 80.6 Å². The van der Waals surface area contributed by atoms with Crippen molar-refractivity contribution in [1.29, 1.82) is 0 Å². The standard InChI is InChI=1S/C7H12N4OS/c1-13-7-10-9-6(11(7)8)5-3-2-4-12-5/h5H,2-4,8H2,1H3. The number of nitrogens with zero attached hydrogens (tertiary/aromatic N) is 3. The Kier molecular flexibility index (Phi) is 2.41. The predicted molar refractivity (Wildman–Crippen MR) is 49.9 cm³/mol. The van der Waals surface area contributed by atoms with Gasteiger partial charge >= 0.3 is 0 Å². The van der Waals surface area contributed by atoms with E-state index in [-0.39, 0.29) is 6.10 Å². The molecule has 1 aliphatic heterocycles. The minimum Gasteiger partial charge on any atom is -0.370 e. The van der Waals surface area contributed by atoms with Crippen LogP contribution in [0.15, 0.2) is 5.16 Å². The fraction of sp³-hybridized carbons (Fsp3) is 0.714. The van der Waals surface area contributed by atoms with Crippen molar-refractivity contribution in [2.24, 2.45) is 0 Å². The smallest absolute Gasteiger partial charge is 0.209 e. The number of thioether (sulfide) groups is 1. The molecule has 0 aromatic carbocycles. The molecule has 0 aliphatic carbocycles. The highest BCUT2D eigenvalue weighted by Crippen LogP contribution is 2.27. The molecule has 1 aromatic rings. The summed E-state index contributed by atoms with van der Waals surface area (Å²) >= 11 is 1.48. The van der Waals surface area contributed by atoms with E-state index >= 15 is 0 Å². The molecule has 5 nitrogen and oxygen atoms in total. The summed E-state index contributed by atoms with van der Waals surface area (Å²) in [6.45, 7) is 0.798. The molecule has 1 unspecified atom stereocenters. The molecule has 13 heavy (non-hydrogen) atoms.